The molecule has 2 fully saturated rings. The quantitative estimate of drug-likeness (QED) is 0.366. The molecule has 2 aromatic heterocycles. The Morgan fingerprint density at radius 1 is 0.806 bits per heavy atom. The number of rotatable bonds is 3. The Balaban J connectivity index is 1.46. The summed E-state index contributed by atoms with van der Waals surface area (Å²) >= 11 is 0. The molecule has 182 valence electrons. The zero-order chi connectivity index (χ0) is 23.6. The Hall–Kier alpha value is -3.03. The number of hydrogen-bond donors (Lipinski definition) is 0. The third-order valence-corrected chi connectivity index (χ3v) is 8.05. The molecule has 8 rings (SSSR count). The van der Waals surface area contributed by atoms with Gasteiger partial charge in [0, 0.05) is 28.0 Å². The van der Waals surface area contributed by atoms with E-state index in [9.17, 15) is 0 Å². The van der Waals surface area contributed by atoms with Crippen LogP contribution in [0.25, 0.3) is 33.9 Å². The summed E-state index contributed by atoms with van der Waals surface area (Å²) in [7, 11) is 0. The minimum absolute atomic E-state index is 0.404. The van der Waals surface area contributed by atoms with Gasteiger partial charge in [-0.1, -0.05) is 48.6 Å². The Kier molecular flexibility index (Phi) is 4.83. The van der Waals surface area contributed by atoms with Crippen molar-refractivity contribution in [2.45, 2.75) is 44.3 Å². The molecule has 1 aliphatic carbocycles. The fraction of sp³-hybridized carbons (Fsp3) is 0.367. The van der Waals surface area contributed by atoms with E-state index in [1.807, 2.05) is 0 Å². The van der Waals surface area contributed by atoms with Crippen LogP contribution in [0.15, 0.2) is 54.7 Å². The minimum Gasteiger partial charge on any atom is -0.348 e. The number of fused-ring (bicyclic) bond motifs is 3. The fourth-order valence-electron chi connectivity index (χ4n) is 6.57. The summed E-state index contributed by atoms with van der Waals surface area (Å²) < 4.78 is 29.5. The highest BCUT2D eigenvalue weighted by Gasteiger charge is 2.40. The predicted molar refractivity (Wildman–Crippen MR) is 135 cm³/mol. The Morgan fingerprint density at radius 3 is 2.22 bits per heavy atom. The van der Waals surface area contributed by atoms with Crippen LogP contribution in [0, 0.1) is 0 Å². The summed E-state index contributed by atoms with van der Waals surface area (Å²) in [4.78, 5) is 0. The van der Waals surface area contributed by atoms with Crippen molar-refractivity contribution in [2.24, 2.45) is 0 Å². The molecule has 0 bridgehead atoms. The normalized spacial score (nSPS) is 22.2. The number of hydrogen-bond acceptors (Lipinski definition) is 4. The van der Waals surface area contributed by atoms with Crippen molar-refractivity contribution in [3.8, 4) is 11.3 Å². The summed E-state index contributed by atoms with van der Waals surface area (Å²) in [6, 6.07) is 15.1. The number of aromatic nitrogens is 2. The van der Waals surface area contributed by atoms with Crippen LogP contribution in [0.2, 0.25) is 0 Å². The van der Waals surface area contributed by atoms with Crippen molar-refractivity contribution < 1.29 is 23.5 Å². The molecule has 2 aromatic carbocycles. The molecule has 1 atom stereocenters. The third kappa shape index (κ3) is 3.02. The van der Waals surface area contributed by atoms with Crippen molar-refractivity contribution in [1.29, 1.82) is 0 Å². The highest BCUT2D eigenvalue weighted by atomic mass is 16.7. The molecule has 0 radical (unpaired) electrons. The van der Waals surface area contributed by atoms with Crippen LogP contribution in [0.5, 0.6) is 0 Å². The molecule has 36 heavy (non-hydrogen) atoms. The highest BCUT2D eigenvalue weighted by Crippen LogP contribution is 2.45. The monoisotopic (exact) mass is 481 g/mol. The van der Waals surface area contributed by atoms with Crippen molar-refractivity contribution >= 4 is 22.6 Å². The molecule has 0 spiro atoms. The van der Waals surface area contributed by atoms with Crippen molar-refractivity contribution in [2.75, 3.05) is 26.4 Å². The lowest BCUT2D eigenvalue weighted by atomic mass is 9.87. The SMILES string of the molecule is C1=Cc2c3c4n(c(-c5c(C6OCCCO6)cccc5C5OCCCO5)c[n+]4CC3C1)c1ccccc21. The number of imidazole rings is 1. The minimum atomic E-state index is -0.404. The summed E-state index contributed by atoms with van der Waals surface area (Å²) in [5.41, 5.74) is 9.66. The van der Waals surface area contributed by atoms with Crippen LogP contribution < -0.4 is 4.57 Å². The largest absolute Gasteiger partial charge is 0.348 e. The number of ether oxygens (including phenoxy) is 4. The number of para-hydroxylation sites is 1. The molecule has 6 heteroatoms. The van der Waals surface area contributed by atoms with Gasteiger partial charge in [0.2, 0.25) is 0 Å². The lowest BCUT2D eigenvalue weighted by molar-refractivity contribution is -0.665. The Morgan fingerprint density at radius 2 is 1.50 bits per heavy atom. The second-order valence-electron chi connectivity index (χ2n) is 10.2. The van der Waals surface area contributed by atoms with Crippen LogP contribution >= 0.6 is 0 Å². The topological polar surface area (TPSA) is 45.2 Å². The lowest BCUT2D eigenvalue weighted by Gasteiger charge is -2.29. The molecular formula is C30H29N2O4+. The zero-order valence-corrected chi connectivity index (χ0v) is 20.2. The molecule has 5 heterocycles. The second-order valence-corrected chi connectivity index (χ2v) is 10.2. The smallest absolute Gasteiger partial charge is 0.291 e. The van der Waals surface area contributed by atoms with E-state index >= 15 is 0 Å². The second kappa shape index (κ2) is 8.25. The molecule has 2 saturated heterocycles. The Bertz CT molecular complexity index is 1490. The average Bonchev–Trinajstić information content (AvgIpc) is 3.50. The molecule has 1 unspecified atom stereocenters. The molecule has 0 saturated carbocycles. The molecule has 3 aliphatic heterocycles. The van der Waals surface area contributed by atoms with E-state index in [4.69, 9.17) is 18.9 Å². The summed E-state index contributed by atoms with van der Waals surface area (Å²) in [6.07, 6.45) is 9.11. The zero-order valence-electron chi connectivity index (χ0n) is 20.2. The fourth-order valence-corrected chi connectivity index (χ4v) is 6.57. The van der Waals surface area contributed by atoms with Gasteiger partial charge in [-0.15, -0.1) is 0 Å². The van der Waals surface area contributed by atoms with E-state index < -0.39 is 12.6 Å². The first-order valence-corrected chi connectivity index (χ1v) is 13.1. The average molecular weight is 482 g/mol. The van der Waals surface area contributed by atoms with Gasteiger partial charge in [0.15, 0.2) is 18.3 Å². The van der Waals surface area contributed by atoms with Gasteiger partial charge in [0.1, 0.15) is 11.7 Å². The van der Waals surface area contributed by atoms with Gasteiger partial charge in [-0.2, -0.15) is 4.40 Å². The van der Waals surface area contributed by atoms with Crippen LogP contribution in [-0.2, 0) is 25.5 Å². The molecule has 0 N–H and O–H groups in total. The van der Waals surface area contributed by atoms with Gasteiger partial charge in [0.25, 0.3) is 5.65 Å². The number of benzene rings is 2. The van der Waals surface area contributed by atoms with E-state index in [0.717, 1.165) is 48.2 Å². The van der Waals surface area contributed by atoms with Gasteiger partial charge >= 0.3 is 0 Å². The van der Waals surface area contributed by atoms with Crippen LogP contribution in [-0.4, -0.2) is 30.8 Å². The van der Waals surface area contributed by atoms with E-state index in [-0.39, 0.29) is 0 Å². The first kappa shape index (κ1) is 21.1. The Labute approximate surface area is 209 Å². The van der Waals surface area contributed by atoms with E-state index in [2.05, 4.69) is 69.8 Å². The maximum Gasteiger partial charge on any atom is 0.291 e. The summed E-state index contributed by atoms with van der Waals surface area (Å²) in [6.45, 7) is 3.79. The first-order chi connectivity index (χ1) is 17.9. The first-order valence-electron chi connectivity index (χ1n) is 13.1. The maximum absolute atomic E-state index is 6.15. The van der Waals surface area contributed by atoms with Gasteiger partial charge in [-0.3, -0.25) is 0 Å². The van der Waals surface area contributed by atoms with Crippen molar-refractivity contribution in [3.05, 3.63) is 77.0 Å². The van der Waals surface area contributed by atoms with Crippen molar-refractivity contribution in [3.63, 3.8) is 0 Å². The summed E-state index contributed by atoms with van der Waals surface area (Å²) in [5.74, 6) is 0.526. The molecule has 6 nitrogen and oxygen atoms in total. The highest BCUT2D eigenvalue weighted by molar-refractivity contribution is 5.95. The van der Waals surface area contributed by atoms with Gasteiger partial charge < -0.3 is 18.9 Å². The van der Waals surface area contributed by atoms with Crippen molar-refractivity contribution in [1.82, 2.24) is 4.40 Å². The summed E-state index contributed by atoms with van der Waals surface area (Å²) in [5, 5.41) is 1.29. The predicted octanol–water partition coefficient (Wildman–Crippen LogP) is 5.43. The van der Waals surface area contributed by atoms with Crippen LogP contribution in [0.1, 0.15) is 60.0 Å². The van der Waals surface area contributed by atoms with Gasteiger partial charge in [-0.05, 0) is 30.9 Å². The number of nitrogens with zero attached hydrogens (tertiary/aromatic N) is 2. The molecule has 4 aromatic rings. The molecular weight excluding hydrogens is 452 g/mol. The van der Waals surface area contributed by atoms with E-state index in [1.165, 1.54) is 27.7 Å². The maximum atomic E-state index is 6.15. The standard InChI is InChI=1S/C30H29N2O4/c1-2-12-24-20(8-1)21-9-3-7-19-17-31-18-25(32(24)28(31)26(19)21)27-22(29-33-13-5-14-34-29)10-4-11-23(27)30-35-15-6-16-36-30/h1-4,8-12,18-19,29-30H,5-7,13-17H2/q+1. The van der Waals surface area contributed by atoms with Gasteiger partial charge in [0.05, 0.1) is 38.5 Å². The number of pyridine rings is 1. The third-order valence-electron chi connectivity index (χ3n) is 8.05. The van der Waals surface area contributed by atoms with E-state index in [0.29, 0.717) is 32.3 Å². The molecule has 4 aliphatic rings. The molecule has 0 amide bonds. The lowest BCUT2D eigenvalue weighted by Crippen LogP contribution is -2.29. The van der Waals surface area contributed by atoms with Crippen LogP contribution in [0.3, 0.4) is 0 Å². The number of allylic oxidation sites excluding steroid dienone is 1. The van der Waals surface area contributed by atoms with Crippen LogP contribution in [0.4, 0.5) is 0 Å². The van der Waals surface area contributed by atoms with E-state index in [1.54, 1.807) is 0 Å². The van der Waals surface area contributed by atoms with Gasteiger partial charge in [-0.25, -0.2) is 4.57 Å².